The number of para-hydroxylation sites is 1. The Labute approximate surface area is 148 Å². The fourth-order valence-corrected chi connectivity index (χ4v) is 2.75. The first-order valence-electron chi connectivity index (χ1n) is 7.49. The number of benzene rings is 1. The van der Waals surface area contributed by atoms with E-state index in [0.29, 0.717) is 0 Å². The number of nitro benzene ring substituents is 1. The average Bonchev–Trinajstić information content (AvgIpc) is 2.52. The lowest BCUT2D eigenvalue weighted by molar-refractivity contribution is -0.386. The Morgan fingerprint density at radius 3 is 2.50 bits per heavy atom. The molecule has 2 unspecified atom stereocenters. The first-order valence-corrected chi connectivity index (χ1v) is 9.29. The van der Waals surface area contributed by atoms with Crippen LogP contribution in [0.25, 0.3) is 0 Å². The van der Waals surface area contributed by atoms with Crippen LogP contribution in [0.5, 0.6) is 0 Å². The maximum atomic E-state index is 11.9. The van der Waals surface area contributed by atoms with E-state index < -0.39 is 42.9 Å². The van der Waals surface area contributed by atoms with Gasteiger partial charge in [0.1, 0.15) is 12.1 Å². The van der Waals surface area contributed by atoms with E-state index >= 15 is 0 Å². The van der Waals surface area contributed by atoms with Crippen LogP contribution in [-0.4, -0.2) is 44.1 Å². The minimum absolute atomic E-state index is 0.124. The Morgan fingerprint density at radius 2 is 1.96 bits per heavy atom. The van der Waals surface area contributed by atoms with E-state index in [0.717, 1.165) is 0 Å². The predicted molar refractivity (Wildman–Crippen MR) is 88.7 cm³/mol. The fraction of sp³-hybridized carbons (Fsp3) is 0.429. The molecule has 1 amide bonds. The third-order valence-electron chi connectivity index (χ3n) is 3.39. The summed E-state index contributed by atoms with van der Waals surface area (Å²) in [6, 6.07) is 4.23. The van der Waals surface area contributed by atoms with Crippen molar-refractivity contribution in [3.63, 3.8) is 0 Å². The van der Waals surface area contributed by atoms with E-state index in [2.05, 4.69) is 5.32 Å². The number of carboxylic acid groups (broad SMARTS) is 1. The molecule has 11 nitrogen and oxygen atoms in total. The molecule has 0 radical (unpaired) electrons. The highest BCUT2D eigenvalue weighted by molar-refractivity contribution is 7.51. The summed E-state index contributed by atoms with van der Waals surface area (Å²) in [6.07, 6.45) is -2.98. The molecule has 1 aromatic carbocycles. The number of nitro groups is 1. The Kier molecular flexibility index (Phi) is 7.69. The first-order chi connectivity index (χ1) is 12.0. The van der Waals surface area contributed by atoms with Gasteiger partial charge in [0, 0.05) is 12.2 Å². The molecule has 0 aliphatic rings. The topological polar surface area (TPSA) is 176 Å². The van der Waals surface area contributed by atoms with Gasteiger partial charge in [-0.15, -0.1) is 0 Å². The summed E-state index contributed by atoms with van der Waals surface area (Å²) < 4.78 is 15.8. The predicted octanol–water partition coefficient (Wildman–Crippen LogP) is 1.79. The summed E-state index contributed by atoms with van der Waals surface area (Å²) in [5.41, 5.74) is -0.106. The Hall–Kier alpha value is -2.49. The van der Waals surface area contributed by atoms with Crippen LogP contribution in [0, 0.1) is 10.1 Å². The Morgan fingerprint density at radius 1 is 1.35 bits per heavy atom. The van der Waals surface area contributed by atoms with Gasteiger partial charge in [-0.3, -0.25) is 14.7 Å². The molecule has 12 heteroatoms. The van der Waals surface area contributed by atoms with Gasteiger partial charge in [-0.2, -0.15) is 0 Å². The van der Waals surface area contributed by atoms with Gasteiger partial charge in [0.25, 0.3) is 5.69 Å². The molecule has 0 aliphatic heterocycles. The van der Waals surface area contributed by atoms with Crippen molar-refractivity contribution >= 4 is 25.3 Å². The van der Waals surface area contributed by atoms with Gasteiger partial charge in [0.2, 0.25) is 0 Å². The summed E-state index contributed by atoms with van der Waals surface area (Å²) >= 11 is 0. The molecular formula is C14H19N2O9P. The molecule has 0 heterocycles. The number of rotatable bonds is 9. The van der Waals surface area contributed by atoms with Gasteiger partial charge in [-0.25, -0.2) is 9.59 Å². The van der Waals surface area contributed by atoms with Crippen LogP contribution in [0.2, 0.25) is 0 Å². The number of hydrogen-bond acceptors (Lipinski definition) is 6. The van der Waals surface area contributed by atoms with E-state index in [1.54, 1.807) is 0 Å². The number of hydrogen-bond donors (Lipinski definition) is 4. The second kappa shape index (κ2) is 9.27. The number of carbonyl (C=O) groups excluding carboxylic acids is 1. The minimum atomic E-state index is -4.26. The van der Waals surface area contributed by atoms with Gasteiger partial charge < -0.3 is 24.9 Å². The Bertz CT molecular complexity index is 718. The standard InChI is InChI=1S/C14H19N2O9P/c1-9(10-5-2-3-7-12(10)16(20)21)25-14(19)15-11(13(17)18)6-4-8-26(22,23)24/h2-3,5,7,9,11H,4,6,8H2,1H3,(H,15,19)(H,17,18)(H2,22,23,24). The maximum Gasteiger partial charge on any atom is 0.408 e. The minimum Gasteiger partial charge on any atom is -0.480 e. The van der Waals surface area contributed by atoms with Crippen LogP contribution in [-0.2, 0) is 14.1 Å². The molecule has 0 spiro atoms. The third kappa shape index (κ3) is 7.18. The number of nitrogens with one attached hydrogen (secondary N) is 1. The number of nitrogens with zero attached hydrogens (tertiary/aromatic N) is 1. The van der Waals surface area contributed by atoms with Crippen LogP contribution >= 0.6 is 7.60 Å². The quantitative estimate of drug-likeness (QED) is 0.278. The summed E-state index contributed by atoms with van der Waals surface area (Å²) in [6.45, 7) is 1.39. The number of carbonyl (C=O) groups is 2. The van der Waals surface area contributed by atoms with Crippen LogP contribution in [0.4, 0.5) is 10.5 Å². The molecule has 26 heavy (non-hydrogen) atoms. The van der Waals surface area contributed by atoms with E-state index in [9.17, 15) is 24.3 Å². The molecule has 0 saturated heterocycles. The number of carboxylic acids is 1. The van der Waals surface area contributed by atoms with E-state index in [-0.39, 0.29) is 24.1 Å². The highest BCUT2D eigenvalue weighted by Gasteiger charge is 2.25. The highest BCUT2D eigenvalue weighted by atomic mass is 31.2. The molecule has 4 N–H and O–H groups in total. The lowest BCUT2D eigenvalue weighted by Gasteiger charge is -2.18. The maximum absolute atomic E-state index is 11.9. The van der Waals surface area contributed by atoms with Gasteiger partial charge in [-0.1, -0.05) is 12.1 Å². The second-order valence-electron chi connectivity index (χ2n) is 5.43. The summed E-state index contributed by atoms with van der Waals surface area (Å²) in [5.74, 6) is -1.40. The SMILES string of the molecule is CC(OC(=O)NC(CCCP(=O)(O)O)C(=O)O)c1ccccc1[N+](=O)[O-]. The fourth-order valence-electron chi connectivity index (χ4n) is 2.16. The molecule has 0 bridgehead atoms. The lowest BCUT2D eigenvalue weighted by atomic mass is 10.1. The molecule has 1 rings (SSSR count). The molecular weight excluding hydrogens is 371 g/mol. The Balaban J connectivity index is 2.69. The molecule has 0 saturated carbocycles. The zero-order chi connectivity index (χ0) is 19.9. The highest BCUT2D eigenvalue weighted by Crippen LogP contribution is 2.35. The van der Waals surface area contributed by atoms with Gasteiger partial charge >= 0.3 is 19.7 Å². The van der Waals surface area contributed by atoms with Crippen molar-refractivity contribution in [2.45, 2.75) is 31.9 Å². The number of amides is 1. The van der Waals surface area contributed by atoms with E-state index in [1.165, 1.54) is 31.2 Å². The molecule has 0 aliphatic carbocycles. The number of aliphatic carboxylic acids is 1. The molecule has 0 aromatic heterocycles. The third-order valence-corrected chi connectivity index (χ3v) is 4.29. The number of alkyl carbamates (subject to hydrolysis) is 1. The molecule has 1 aromatic rings. The monoisotopic (exact) mass is 390 g/mol. The summed E-state index contributed by atoms with van der Waals surface area (Å²) in [5, 5.41) is 22.1. The summed E-state index contributed by atoms with van der Waals surface area (Å²) in [7, 11) is -4.26. The first kappa shape index (κ1) is 21.6. The van der Waals surface area contributed by atoms with Crippen LogP contribution < -0.4 is 5.32 Å². The zero-order valence-corrected chi connectivity index (χ0v) is 14.7. The van der Waals surface area contributed by atoms with Crippen molar-refractivity contribution in [2.75, 3.05) is 6.16 Å². The second-order valence-corrected chi connectivity index (χ2v) is 7.21. The van der Waals surface area contributed by atoms with Crippen LogP contribution in [0.1, 0.15) is 31.4 Å². The van der Waals surface area contributed by atoms with Crippen LogP contribution in [0.3, 0.4) is 0 Å². The molecule has 2 atom stereocenters. The zero-order valence-electron chi connectivity index (χ0n) is 13.8. The molecule has 0 fully saturated rings. The smallest absolute Gasteiger partial charge is 0.408 e. The largest absolute Gasteiger partial charge is 0.480 e. The van der Waals surface area contributed by atoms with Crippen molar-refractivity contribution in [1.29, 1.82) is 0 Å². The van der Waals surface area contributed by atoms with Crippen molar-refractivity contribution in [3.8, 4) is 0 Å². The van der Waals surface area contributed by atoms with Gasteiger partial charge in [0.05, 0.1) is 10.5 Å². The van der Waals surface area contributed by atoms with Crippen molar-refractivity contribution < 1.29 is 38.7 Å². The summed E-state index contributed by atoms with van der Waals surface area (Å²) in [4.78, 5) is 50.9. The van der Waals surface area contributed by atoms with E-state index in [1.807, 2.05) is 0 Å². The molecule has 144 valence electrons. The normalized spacial score (nSPS) is 13.5. The van der Waals surface area contributed by atoms with Crippen LogP contribution in [0.15, 0.2) is 24.3 Å². The van der Waals surface area contributed by atoms with Crippen molar-refractivity contribution in [2.24, 2.45) is 0 Å². The van der Waals surface area contributed by atoms with E-state index in [4.69, 9.17) is 19.6 Å². The van der Waals surface area contributed by atoms with Crippen molar-refractivity contribution in [1.82, 2.24) is 5.32 Å². The average molecular weight is 390 g/mol. The lowest BCUT2D eigenvalue weighted by Crippen LogP contribution is -2.41. The van der Waals surface area contributed by atoms with Gasteiger partial charge in [0.15, 0.2) is 0 Å². The van der Waals surface area contributed by atoms with Crippen molar-refractivity contribution in [3.05, 3.63) is 39.9 Å². The number of ether oxygens (including phenoxy) is 1. The van der Waals surface area contributed by atoms with Gasteiger partial charge in [-0.05, 0) is 25.8 Å².